The van der Waals surface area contributed by atoms with Crippen LogP contribution in [0.25, 0.3) is 0 Å². The van der Waals surface area contributed by atoms with Crippen LogP contribution < -0.4 is 0 Å². The second-order valence-corrected chi connectivity index (χ2v) is 6.03. The van der Waals surface area contributed by atoms with Crippen molar-refractivity contribution in [3.05, 3.63) is 16.6 Å². The van der Waals surface area contributed by atoms with Crippen LogP contribution in [0, 0.1) is 5.92 Å². The fraction of sp³-hybridized carbons (Fsp3) is 0.692. The number of carbonyl (C=O) groups is 1. The van der Waals surface area contributed by atoms with Crippen molar-refractivity contribution in [3.63, 3.8) is 0 Å². The van der Waals surface area contributed by atoms with Gasteiger partial charge in [0.1, 0.15) is 6.04 Å². The molecule has 0 bridgehead atoms. The maximum absolute atomic E-state index is 12.6. The number of likely N-dealkylation sites (N-methyl/N-ethyl adjacent to an activating group) is 1. The van der Waals surface area contributed by atoms with Crippen LogP contribution in [0.4, 0.5) is 0 Å². The lowest BCUT2D eigenvalue weighted by Gasteiger charge is -2.35. The summed E-state index contributed by atoms with van der Waals surface area (Å²) in [6, 6.07) is -0.235. The molecular formula is C13H21N3OS. The maximum Gasteiger partial charge on any atom is 0.246 e. The van der Waals surface area contributed by atoms with Gasteiger partial charge in [-0.05, 0) is 32.9 Å². The van der Waals surface area contributed by atoms with Gasteiger partial charge in [0.05, 0.1) is 11.2 Å². The van der Waals surface area contributed by atoms with E-state index in [2.05, 4.69) is 11.9 Å². The fourth-order valence-electron chi connectivity index (χ4n) is 2.53. The van der Waals surface area contributed by atoms with E-state index in [-0.39, 0.29) is 11.9 Å². The van der Waals surface area contributed by atoms with E-state index < -0.39 is 0 Å². The van der Waals surface area contributed by atoms with Crippen molar-refractivity contribution in [3.8, 4) is 0 Å². The summed E-state index contributed by atoms with van der Waals surface area (Å²) < 4.78 is 0. The van der Waals surface area contributed by atoms with Crippen LogP contribution in [0.3, 0.4) is 0 Å². The molecule has 0 saturated carbocycles. The van der Waals surface area contributed by atoms with Crippen molar-refractivity contribution in [1.29, 1.82) is 0 Å². The zero-order valence-corrected chi connectivity index (χ0v) is 12.1. The summed E-state index contributed by atoms with van der Waals surface area (Å²) in [6.45, 7) is 3.98. The molecule has 1 aromatic heterocycles. The highest BCUT2D eigenvalue weighted by Gasteiger charge is 2.31. The molecule has 4 nitrogen and oxygen atoms in total. The van der Waals surface area contributed by atoms with Gasteiger partial charge in [0.2, 0.25) is 5.91 Å². The molecule has 0 radical (unpaired) electrons. The van der Waals surface area contributed by atoms with E-state index >= 15 is 0 Å². The maximum atomic E-state index is 12.6. The normalized spacial score (nSPS) is 22.2. The summed E-state index contributed by atoms with van der Waals surface area (Å²) in [4.78, 5) is 20.9. The minimum Gasteiger partial charge on any atom is -0.341 e. The highest BCUT2D eigenvalue weighted by molar-refractivity contribution is 7.07. The number of hydrogen-bond acceptors (Lipinski definition) is 4. The van der Waals surface area contributed by atoms with Gasteiger partial charge >= 0.3 is 0 Å². The molecule has 1 aromatic rings. The number of amides is 1. The van der Waals surface area contributed by atoms with E-state index in [0.717, 1.165) is 25.2 Å². The van der Waals surface area contributed by atoms with Crippen LogP contribution in [0.15, 0.2) is 10.9 Å². The van der Waals surface area contributed by atoms with Crippen molar-refractivity contribution in [1.82, 2.24) is 14.8 Å². The Labute approximate surface area is 113 Å². The SMILES string of the molecule is CC1CCCN(C(=O)C(c2cscn2)N(C)C)C1. The molecular weight excluding hydrogens is 246 g/mol. The number of hydrogen-bond donors (Lipinski definition) is 0. The lowest BCUT2D eigenvalue weighted by atomic mass is 9.99. The van der Waals surface area contributed by atoms with Crippen molar-refractivity contribution in [2.45, 2.75) is 25.8 Å². The first-order valence-electron chi connectivity index (χ1n) is 6.43. The third-order valence-electron chi connectivity index (χ3n) is 3.45. The standard InChI is InChI=1S/C13H21N3OS/c1-10-5-4-6-16(7-10)13(17)12(15(2)3)11-8-18-9-14-11/h8-10,12H,4-7H2,1-3H3. The number of thiazole rings is 1. The summed E-state index contributed by atoms with van der Waals surface area (Å²) in [7, 11) is 3.88. The second kappa shape index (κ2) is 5.80. The smallest absolute Gasteiger partial charge is 0.246 e. The van der Waals surface area contributed by atoms with Gasteiger partial charge in [-0.25, -0.2) is 4.98 Å². The molecule has 18 heavy (non-hydrogen) atoms. The van der Waals surface area contributed by atoms with Crippen LogP contribution in [-0.2, 0) is 4.79 Å². The molecule has 1 saturated heterocycles. The van der Waals surface area contributed by atoms with Crippen LogP contribution in [0.2, 0.25) is 0 Å². The molecule has 1 aliphatic rings. The summed E-state index contributed by atoms with van der Waals surface area (Å²) in [5.74, 6) is 0.804. The van der Waals surface area contributed by atoms with Gasteiger partial charge in [0, 0.05) is 18.5 Å². The van der Waals surface area contributed by atoms with E-state index in [1.807, 2.05) is 29.3 Å². The Balaban J connectivity index is 2.13. The first kappa shape index (κ1) is 13.5. The summed E-state index contributed by atoms with van der Waals surface area (Å²) in [5, 5.41) is 1.97. The van der Waals surface area contributed by atoms with Crippen LogP contribution in [-0.4, -0.2) is 47.9 Å². The van der Waals surface area contributed by atoms with E-state index in [1.165, 1.54) is 6.42 Å². The second-order valence-electron chi connectivity index (χ2n) is 5.31. The number of likely N-dealkylation sites (tertiary alicyclic amines) is 1. The van der Waals surface area contributed by atoms with Gasteiger partial charge in [-0.2, -0.15) is 0 Å². The fourth-order valence-corrected chi connectivity index (χ4v) is 3.10. The van der Waals surface area contributed by atoms with E-state index in [9.17, 15) is 4.79 Å². The van der Waals surface area contributed by atoms with E-state index in [0.29, 0.717) is 5.92 Å². The molecule has 2 unspecified atom stereocenters. The molecule has 2 rings (SSSR count). The molecule has 0 spiro atoms. The Bertz CT molecular complexity index is 391. The Hall–Kier alpha value is -0.940. The molecule has 0 N–H and O–H groups in total. The number of nitrogens with zero attached hydrogens (tertiary/aromatic N) is 3. The first-order chi connectivity index (χ1) is 8.59. The largest absolute Gasteiger partial charge is 0.341 e. The molecule has 2 heterocycles. The molecule has 1 amide bonds. The number of aromatic nitrogens is 1. The van der Waals surface area contributed by atoms with Crippen LogP contribution in [0.1, 0.15) is 31.5 Å². The average molecular weight is 267 g/mol. The van der Waals surface area contributed by atoms with Gasteiger partial charge in [0.25, 0.3) is 0 Å². The molecule has 1 fully saturated rings. The lowest BCUT2D eigenvalue weighted by Crippen LogP contribution is -2.45. The Morgan fingerprint density at radius 3 is 2.94 bits per heavy atom. The minimum absolute atomic E-state index is 0.192. The minimum atomic E-state index is -0.235. The van der Waals surface area contributed by atoms with Crippen molar-refractivity contribution >= 4 is 17.2 Å². The monoisotopic (exact) mass is 267 g/mol. The van der Waals surface area contributed by atoms with E-state index in [1.54, 1.807) is 16.8 Å². The lowest BCUT2D eigenvalue weighted by molar-refractivity contribution is -0.138. The third kappa shape index (κ3) is 2.90. The number of carbonyl (C=O) groups excluding carboxylic acids is 1. The number of rotatable bonds is 3. The van der Waals surface area contributed by atoms with Gasteiger partial charge < -0.3 is 4.90 Å². The Kier molecular flexibility index (Phi) is 4.35. The quantitative estimate of drug-likeness (QED) is 0.840. The molecule has 2 atom stereocenters. The molecule has 0 aliphatic carbocycles. The summed E-state index contributed by atoms with van der Waals surface area (Å²) in [5.41, 5.74) is 2.66. The molecule has 5 heteroatoms. The summed E-state index contributed by atoms with van der Waals surface area (Å²) in [6.07, 6.45) is 2.34. The zero-order chi connectivity index (χ0) is 13.1. The predicted molar refractivity (Wildman–Crippen MR) is 73.5 cm³/mol. The predicted octanol–water partition coefficient (Wildman–Crippen LogP) is 2.00. The zero-order valence-electron chi connectivity index (χ0n) is 11.3. The van der Waals surface area contributed by atoms with Crippen molar-refractivity contribution in [2.75, 3.05) is 27.2 Å². The van der Waals surface area contributed by atoms with E-state index in [4.69, 9.17) is 0 Å². The summed E-state index contributed by atoms with van der Waals surface area (Å²) >= 11 is 1.54. The van der Waals surface area contributed by atoms with Crippen LogP contribution >= 0.6 is 11.3 Å². The molecule has 1 aliphatic heterocycles. The topological polar surface area (TPSA) is 36.4 Å². The first-order valence-corrected chi connectivity index (χ1v) is 7.37. The third-order valence-corrected chi connectivity index (χ3v) is 4.06. The average Bonchev–Trinajstić information content (AvgIpc) is 2.82. The Morgan fingerprint density at radius 1 is 1.61 bits per heavy atom. The molecule has 0 aromatic carbocycles. The van der Waals surface area contributed by atoms with Crippen molar-refractivity contribution in [2.24, 2.45) is 5.92 Å². The van der Waals surface area contributed by atoms with Crippen LogP contribution in [0.5, 0.6) is 0 Å². The highest BCUT2D eigenvalue weighted by atomic mass is 32.1. The van der Waals surface area contributed by atoms with Gasteiger partial charge in [0.15, 0.2) is 0 Å². The van der Waals surface area contributed by atoms with Crippen molar-refractivity contribution < 1.29 is 4.79 Å². The number of piperidine rings is 1. The Morgan fingerprint density at radius 2 is 2.39 bits per heavy atom. The van der Waals surface area contributed by atoms with Gasteiger partial charge in [-0.3, -0.25) is 9.69 Å². The highest BCUT2D eigenvalue weighted by Crippen LogP contribution is 2.24. The van der Waals surface area contributed by atoms with Gasteiger partial charge in [-0.1, -0.05) is 6.92 Å². The van der Waals surface area contributed by atoms with Gasteiger partial charge in [-0.15, -0.1) is 11.3 Å². The molecule has 100 valence electrons.